The van der Waals surface area contributed by atoms with Crippen LogP contribution in [0.2, 0.25) is 0 Å². The molecule has 1 fully saturated rings. The maximum absolute atomic E-state index is 12.3. The lowest BCUT2D eigenvalue weighted by Crippen LogP contribution is -2.29. The fourth-order valence-corrected chi connectivity index (χ4v) is 2.54. The molecular formula is C16H16N4O. The third-order valence-electron chi connectivity index (χ3n) is 3.42. The number of carbonyl (C=O) groups is 1. The van der Waals surface area contributed by atoms with Crippen molar-refractivity contribution >= 4 is 23.1 Å². The quantitative estimate of drug-likeness (QED) is 0.830. The van der Waals surface area contributed by atoms with Crippen molar-refractivity contribution in [2.45, 2.75) is 20.3 Å². The van der Waals surface area contributed by atoms with Crippen LogP contribution in [0.5, 0.6) is 0 Å². The Morgan fingerprint density at radius 1 is 1.24 bits per heavy atom. The molecule has 2 heterocycles. The SMILES string of the molecule is CC1=CC(C)=N/C(=C2/CC(=O)N(c3ccccc3)C2=N)N1. The number of amides is 1. The first-order valence-corrected chi connectivity index (χ1v) is 6.77. The predicted octanol–water partition coefficient (Wildman–Crippen LogP) is 2.58. The van der Waals surface area contributed by atoms with Crippen LogP contribution in [0.4, 0.5) is 5.69 Å². The summed E-state index contributed by atoms with van der Waals surface area (Å²) in [6.45, 7) is 3.84. The summed E-state index contributed by atoms with van der Waals surface area (Å²) in [4.78, 5) is 18.1. The maximum Gasteiger partial charge on any atom is 0.237 e. The monoisotopic (exact) mass is 280 g/mol. The Labute approximate surface area is 123 Å². The largest absolute Gasteiger partial charge is 0.344 e. The Kier molecular flexibility index (Phi) is 3.17. The van der Waals surface area contributed by atoms with Crippen LogP contribution >= 0.6 is 0 Å². The molecule has 2 N–H and O–H groups in total. The summed E-state index contributed by atoms with van der Waals surface area (Å²) in [7, 11) is 0. The molecule has 0 radical (unpaired) electrons. The zero-order valence-electron chi connectivity index (χ0n) is 12.0. The highest BCUT2D eigenvalue weighted by atomic mass is 16.2. The lowest BCUT2D eigenvalue weighted by Gasteiger charge is -2.18. The molecule has 1 aromatic carbocycles. The minimum absolute atomic E-state index is 0.101. The maximum atomic E-state index is 12.3. The summed E-state index contributed by atoms with van der Waals surface area (Å²) in [5.74, 6) is 0.694. The lowest BCUT2D eigenvalue weighted by atomic mass is 10.2. The summed E-state index contributed by atoms with van der Waals surface area (Å²) in [5, 5.41) is 11.5. The highest BCUT2D eigenvalue weighted by Crippen LogP contribution is 2.28. The van der Waals surface area contributed by atoms with Crippen molar-refractivity contribution < 1.29 is 4.79 Å². The van der Waals surface area contributed by atoms with Crippen LogP contribution in [0, 0.1) is 5.41 Å². The molecule has 0 aliphatic carbocycles. The molecule has 5 nitrogen and oxygen atoms in total. The van der Waals surface area contributed by atoms with Crippen molar-refractivity contribution in [2.75, 3.05) is 4.90 Å². The minimum Gasteiger partial charge on any atom is -0.344 e. The first-order valence-electron chi connectivity index (χ1n) is 6.77. The van der Waals surface area contributed by atoms with E-state index in [1.165, 1.54) is 4.90 Å². The van der Waals surface area contributed by atoms with Crippen molar-refractivity contribution in [2.24, 2.45) is 4.99 Å². The zero-order valence-corrected chi connectivity index (χ0v) is 12.0. The van der Waals surface area contributed by atoms with E-state index in [2.05, 4.69) is 10.3 Å². The van der Waals surface area contributed by atoms with Crippen molar-refractivity contribution in [3.63, 3.8) is 0 Å². The van der Waals surface area contributed by atoms with E-state index in [1.807, 2.05) is 50.3 Å². The summed E-state index contributed by atoms with van der Waals surface area (Å²) in [5.41, 5.74) is 3.18. The van der Waals surface area contributed by atoms with Crippen LogP contribution in [0.25, 0.3) is 0 Å². The fourth-order valence-electron chi connectivity index (χ4n) is 2.54. The third-order valence-corrected chi connectivity index (χ3v) is 3.42. The van der Waals surface area contributed by atoms with Crippen LogP contribution in [-0.4, -0.2) is 17.5 Å². The zero-order chi connectivity index (χ0) is 15.0. The average molecular weight is 280 g/mol. The molecule has 3 rings (SSSR count). The van der Waals surface area contributed by atoms with E-state index in [0.29, 0.717) is 17.1 Å². The van der Waals surface area contributed by atoms with Gasteiger partial charge in [-0.05, 0) is 32.1 Å². The van der Waals surface area contributed by atoms with Gasteiger partial charge in [-0.3, -0.25) is 15.1 Å². The van der Waals surface area contributed by atoms with Gasteiger partial charge in [0.15, 0.2) is 0 Å². The predicted molar refractivity (Wildman–Crippen MR) is 83.3 cm³/mol. The number of para-hydroxylation sites is 1. The number of hydrogen-bond acceptors (Lipinski definition) is 4. The van der Waals surface area contributed by atoms with E-state index in [-0.39, 0.29) is 18.2 Å². The summed E-state index contributed by atoms with van der Waals surface area (Å²) >= 11 is 0. The second-order valence-corrected chi connectivity index (χ2v) is 5.12. The number of aliphatic imine (C=N–C) groups is 1. The smallest absolute Gasteiger partial charge is 0.237 e. The van der Waals surface area contributed by atoms with E-state index in [9.17, 15) is 4.79 Å². The Morgan fingerprint density at radius 2 is 1.95 bits per heavy atom. The number of rotatable bonds is 1. The molecule has 0 aromatic heterocycles. The van der Waals surface area contributed by atoms with Gasteiger partial charge in [0.25, 0.3) is 0 Å². The number of allylic oxidation sites excluding steroid dienone is 2. The molecule has 0 spiro atoms. The number of amidine groups is 1. The minimum atomic E-state index is -0.101. The molecule has 21 heavy (non-hydrogen) atoms. The molecule has 0 atom stereocenters. The van der Waals surface area contributed by atoms with Crippen LogP contribution in [0.15, 0.2) is 58.5 Å². The number of anilines is 1. The average Bonchev–Trinajstić information content (AvgIpc) is 2.74. The van der Waals surface area contributed by atoms with E-state index in [4.69, 9.17) is 5.41 Å². The van der Waals surface area contributed by atoms with Crippen molar-refractivity contribution in [3.05, 3.63) is 53.5 Å². The highest BCUT2D eigenvalue weighted by Gasteiger charge is 2.34. The molecule has 106 valence electrons. The number of carbonyl (C=O) groups excluding carboxylic acids is 1. The Morgan fingerprint density at radius 3 is 2.62 bits per heavy atom. The molecule has 5 heteroatoms. The number of benzene rings is 1. The molecule has 1 saturated heterocycles. The second-order valence-electron chi connectivity index (χ2n) is 5.12. The van der Waals surface area contributed by atoms with Gasteiger partial charge in [-0.2, -0.15) is 0 Å². The standard InChI is InChI=1S/C16H16N4O/c1-10-8-11(2)19-16(18-10)13-9-14(21)20(15(13)17)12-6-4-3-5-7-12/h3-8,17-18H,9H2,1-2H3/b16-13-,17-15?. The van der Waals surface area contributed by atoms with Gasteiger partial charge in [-0.15, -0.1) is 0 Å². The van der Waals surface area contributed by atoms with Crippen molar-refractivity contribution in [3.8, 4) is 0 Å². The number of nitrogens with zero attached hydrogens (tertiary/aromatic N) is 2. The second kappa shape index (κ2) is 5.01. The van der Waals surface area contributed by atoms with E-state index in [0.717, 1.165) is 11.4 Å². The molecule has 0 saturated carbocycles. The molecule has 1 amide bonds. The summed E-state index contributed by atoms with van der Waals surface area (Å²) in [6.07, 6.45) is 2.12. The highest BCUT2D eigenvalue weighted by molar-refractivity contribution is 6.29. The van der Waals surface area contributed by atoms with Crippen molar-refractivity contribution in [1.82, 2.24) is 5.32 Å². The van der Waals surface area contributed by atoms with Gasteiger partial charge in [0.05, 0.1) is 12.1 Å². The molecule has 0 unspecified atom stereocenters. The summed E-state index contributed by atoms with van der Waals surface area (Å²) in [6, 6.07) is 9.25. The summed E-state index contributed by atoms with van der Waals surface area (Å²) < 4.78 is 0. The molecule has 2 aliphatic rings. The topological polar surface area (TPSA) is 68.5 Å². The van der Waals surface area contributed by atoms with Crippen LogP contribution < -0.4 is 10.2 Å². The van der Waals surface area contributed by atoms with E-state index >= 15 is 0 Å². The normalized spacial score (nSPS) is 22.1. The molecule has 2 aliphatic heterocycles. The van der Waals surface area contributed by atoms with E-state index < -0.39 is 0 Å². The first kappa shape index (κ1) is 13.3. The Balaban J connectivity index is 2.00. The van der Waals surface area contributed by atoms with Gasteiger partial charge >= 0.3 is 0 Å². The molecule has 0 bridgehead atoms. The fraction of sp³-hybridized carbons (Fsp3) is 0.188. The molecule has 1 aromatic rings. The Bertz CT molecular complexity index is 713. The van der Waals surface area contributed by atoms with Gasteiger partial charge in [0, 0.05) is 17.0 Å². The van der Waals surface area contributed by atoms with Gasteiger partial charge in [0.2, 0.25) is 5.91 Å². The lowest BCUT2D eigenvalue weighted by molar-refractivity contribution is -0.116. The van der Waals surface area contributed by atoms with Gasteiger partial charge < -0.3 is 5.32 Å². The van der Waals surface area contributed by atoms with E-state index in [1.54, 1.807) is 0 Å². The van der Waals surface area contributed by atoms with Crippen LogP contribution in [0.3, 0.4) is 0 Å². The molecular weight excluding hydrogens is 264 g/mol. The first-order chi connectivity index (χ1) is 10.1. The number of nitrogens with one attached hydrogen (secondary N) is 2. The number of hydrogen-bond donors (Lipinski definition) is 2. The van der Waals surface area contributed by atoms with Crippen LogP contribution in [-0.2, 0) is 4.79 Å². The van der Waals surface area contributed by atoms with Gasteiger partial charge in [-0.25, -0.2) is 4.99 Å². The van der Waals surface area contributed by atoms with Crippen LogP contribution in [0.1, 0.15) is 20.3 Å². The van der Waals surface area contributed by atoms with Gasteiger partial charge in [0.1, 0.15) is 11.7 Å². The van der Waals surface area contributed by atoms with Crippen molar-refractivity contribution in [1.29, 1.82) is 5.41 Å². The Hall–Kier alpha value is -2.69. The third kappa shape index (κ3) is 2.38. The van der Waals surface area contributed by atoms with Gasteiger partial charge in [-0.1, -0.05) is 18.2 Å².